The molecule has 4 heteroatoms. The molecule has 2 heterocycles. The first kappa shape index (κ1) is 11.0. The fraction of sp³-hybridized carbons (Fsp3) is 0.667. The first-order valence-corrected chi connectivity index (χ1v) is 5.88. The average Bonchev–Trinajstić information content (AvgIpc) is 2.87. The van der Waals surface area contributed by atoms with Crippen LogP contribution in [0.15, 0.2) is 16.8 Å². The lowest BCUT2D eigenvalue weighted by molar-refractivity contribution is 0.320. The summed E-state index contributed by atoms with van der Waals surface area (Å²) in [5.74, 6) is 0.895. The van der Waals surface area contributed by atoms with Gasteiger partial charge in [-0.15, -0.1) is 0 Å². The smallest absolute Gasteiger partial charge is 0.183 e. The Morgan fingerprint density at radius 1 is 1.56 bits per heavy atom. The predicted molar refractivity (Wildman–Crippen MR) is 61.9 cm³/mol. The third-order valence-electron chi connectivity index (χ3n) is 3.07. The second-order valence-corrected chi connectivity index (χ2v) is 4.15. The Hall–Kier alpha value is -1.50. The summed E-state index contributed by atoms with van der Waals surface area (Å²) >= 11 is 0. The Bertz CT molecular complexity index is 354. The maximum Gasteiger partial charge on any atom is 0.183 e. The summed E-state index contributed by atoms with van der Waals surface area (Å²) in [4.78, 5) is 4.58. The van der Waals surface area contributed by atoms with Crippen LogP contribution in [-0.2, 0) is 4.74 Å². The van der Waals surface area contributed by atoms with Gasteiger partial charge in [-0.3, -0.25) is 4.99 Å². The van der Waals surface area contributed by atoms with Crippen LogP contribution in [0.5, 0.6) is 0 Å². The second kappa shape index (κ2) is 5.02. The molecule has 0 aromatic carbocycles. The maximum absolute atomic E-state index is 8.58. The summed E-state index contributed by atoms with van der Waals surface area (Å²) < 4.78 is 5.42. The van der Waals surface area contributed by atoms with Gasteiger partial charge in [0.25, 0.3) is 0 Å². The standard InChI is InChI=1S/C12H17N3O/c1-2-16-12-6-5-11(15-12)10-4-3-9(14-10)7-8-13/h7,10-11,14H,2-6H2,1H3/b9-7+. The Morgan fingerprint density at radius 2 is 2.44 bits per heavy atom. The van der Waals surface area contributed by atoms with Gasteiger partial charge in [0.05, 0.1) is 18.7 Å². The zero-order chi connectivity index (χ0) is 11.4. The highest BCUT2D eigenvalue weighted by Crippen LogP contribution is 2.25. The van der Waals surface area contributed by atoms with Crippen molar-refractivity contribution in [3.63, 3.8) is 0 Å². The molecule has 4 nitrogen and oxygen atoms in total. The van der Waals surface area contributed by atoms with E-state index in [2.05, 4.69) is 16.4 Å². The van der Waals surface area contributed by atoms with E-state index in [4.69, 9.17) is 10.00 Å². The Morgan fingerprint density at radius 3 is 3.19 bits per heavy atom. The van der Waals surface area contributed by atoms with Crippen LogP contribution >= 0.6 is 0 Å². The highest BCUT2D eigenvalue weighted by Gasteiger charge is 2.30. The number of nitriles is 1. The first-order chi connectivity index (χ1) is 7.83. The fourth-order valence-corrected chi connectivity index (χ4v) is 2.33. The molecule has 0 aromatic heterocycles. The van der Waals surface area contributed by atoms with Crippen molar-refractivity contribution in [2.75, 3.05) is 6.61 Å². The number of nitrogens with one attached hydrogen (secondary N) is 1. The minimum Gasteiger partial charge on any atom is -0.481 e. The molecule has 16 heavy (non-hydrogen) atoms. The number of rotatable bonds is 2. The Labute approximate surface area is 96.0 Å². The highest BCUT2D eigenvalue weighted by atomic mass is 16.5. The van der Waals surface area contributed by atoms with Gasteiger partial charge in [-0.1, -0.05) is 0 Å². The summed E-state index contributed by atoms with van der Waals surface area (Å²) in [5.41, 5.74) is 1.05. The molecular weight excluding hydrogens is 202 g/mol. The number of hydrogen-bond acceptors (Lipinski definition) is 4. The monoisotopic (exact) mass is 219 g/mol. The SMILES string of the molecule is CCOC1=NC(C2CC/C(=C\C#N)N2)CC1. The predicted octanol–water partition coefficient (Wildman–Crippen LogP) is 1.74. The van der Waals surface area contributed by atoms with Crippen molar-refractivity contribution in [3.8, 4) is 6.07 Å². The summed E-state index contributed by atoms with van der Waals surface area (Å²) in [6.07, 6.45) is 5.65. The Kier molecular flexibility index (Phi) is 3.45. The van der Waals surface area contributed by atoms with Crippen molar-refractivity contribution in [2.45, 2.75) is 44.7 Å². The molecule has 0 saturated carbocycles. The van der Waals surface area contributed by atoms with Crippen LogP contribution in [0.25, 0.3) is 0 Å². The molecule has 2 rings (SSSR count). The molecule has 0 spiro atoms. The third kappa shape index (κ3) is 2.35. The molecule has 0 aromatic rings. The summed E-state index contributed by atoms with van der Waals surface area (Å²) in [6, 6.07) is 2.78. The molecule has 0 bridgehead atoms. The van der Waals surface area contributed by atoms with Crippen LogP contribution in [0, 0.1) is 11.3 Å². The molecule has 0 radical (unpaired) electrons. The van der Waals surface area contributed by atoms with Crippen LogP contribution in [0.1, 0.15) is 32.6 Å². The minimum atomic E-state index is 0.325. The topological polar surface area (TPSA) is 57.4 Å². The fourth-order valence-electron chi connectivity index (χ4n) is 2.33. The highest BCUT2D eigenvalue weighted by molar-refractivity contribution is 5.78. The number of allylic oxidation sites excluding steroid dienone is 2. The molecule has 1 saturated heterocycles. The zero-order valence-electron chi connectivity index (χ0n) is 9.57. The molecule has 86 valence electrons. The van der Waals surface area contributed by atoms with Gasteiger partial charge in [0.1, 0.15) is 0 Å². The van der Waals surface area contributed by atoms with E-state index in [1.165, 1.54) is 0 Å². The molecule has 1 N–H and O–H groups in total. The minimum absolute atomic E-state index is 0.325. The molecule has 2 aliphatic rings. The molecule has 2 unspecified atom stereocenters. The van der Waals surface area contributed by atoms with Crippen LogP contribution in [0.2, 0.25) is 0 Å². The molecule has 2 atom stereocenters. The quantitative estimate of drug-likeness (QED) is 0.720. The van der Waals surface area contributed by atoms with Crippen molar-refractivity contribution in [1.29, 1.82) is 5.26 Å². The molecule has 0 amide bonds. The molecular formula is C12H17N3O. The van der Waals surface area contributed by atoms with E-state index in [1.807, 2.05) is 6.92 Å². The lowest BCUT2D eigenvalue weighted by Gasteiger charge is -2.15. The van der Waals surface area contributed by atoms with Crippen molar-refractivity contribution in [3.05, 3.63) is 11.8 Å². The lowest BCUT2D eigenvalue weighted by Crippen LogP contribution is -2.31. The normalized spacial score (nSPS) is 31.0. The van der Waals surface area contributed by atoms with Gasteiger partial charge in [0.15, 0.2) is 5.90 Å². The number of ether oxygens (including phenoxy) is 1. The van der Waals surface area contributed by atoms with Crippen LogP contribution in [-0.4, -0.2) is 24.6 Å². The number of hydrogen-bond donors (Lipinski definition) is 1. The Balaban J connectivity index is 1.92. The van der Waals surface area contributed by atoms with E-state index in [0.29, 0.717) is 18.7 Å². The molecule has 2 aliphatic heterocycles. The van der Waals surface area contributed by atoms with Crippen LogP contribution in [0.4, 0.5) is 0 Å². The van der Waals surface area contributed by atoms with Crippen molar-refractivity contribution in [2.24, 2.45) is 4.99 Å². The van der Waals surface area contributed by atoms with Gasteiger partial charge >= 0.3 is 0 Å². The van der Waals surface area contributed by atoms with E-state index in [9.17, 15) is 0 Å². The molecule has 1 fully saturated rings. The number of nitrogens with zero attached hydrogens (tertiary/aromatic N) is 2. The van der Waals surface area contributed by atoms with Gasteiger partial charge in [0.2, 0.25) is 0 Å². The summed E-state index contributed by atoms with van der Waals surface area (Å²) in [6.45, 7) is 2.68. The third-order valence-corrected chi connectivity index (χ3v) is 3.07. The van der Waals surface area contributed by atoms with Crippen LogP contribution in [0.3, 0.4) is 0 Å². The lowest BCUT2D eigenvalue weighted by atomic mass is 10.0. The van der Waals surface area contributed by atoms with Crippen molar-refractivity contribution in [1.82, 2.24) is 5.32 Å². The zero-order valence-corrected chi connectivity index (χ0v) is 9.57. The van der Waals surface area contributed by atoms with E-state index in [-0.39, 0.29) is 0 Å². The van der Waals surface area contributed by atoms with E-state index in [1.54, 1.807) is 6.08 Å². The maximum atomic E-state index is 8.58. The summed E-state index contributed by atoms with van der Waals surface area (Å²) in [5, 5.41) is 11.9. The molecule has 0 aliphatic carbocycles. The first-order valence-electron chi connectivity index (χ1n) is 5.88. The van der Waals surface area contributed by atoms with Gasteiger partial charge in [-0.05, 0) is 26.2 Å². The van der Waals surface area contributed by atoms with Gasteiger partial charge in [-0.25, -0.2) is 0 Å². The second-order valence-electron chi connectivity index (χ2n) is 4.15. The van der Waals surface area contributed by atoms with Crippen molar-refractivity contribution >= 4 is 5.90 Å². The van der Waals surface area contributed by atoms with E-state index in [0.717, 1.165) is 37.3 Å². The van der Waals surface area contributed by atoms with E-state index < -0.39 is 0 Å². The van der Waals surface area contributed by atoms with Gasteiger partial charge < -0.3 is 10.1 Å². The van der Waals surface area contributed by atoms with Crippen LogP contribution < -0.4 is 5.32 Å². The number of aliphatic imine (C=N–C) groups is 1. The van der Waals surface area contributed by atoms with Gasteiger partial charge in [0, 0.05) is 24.2 Å². The van der Waals surface area contributed by atoms with Crippen molar-refractivity contribution < 1.29 is 4.74 Å². The average molecular weight is 219 g/mol. The summed E-state index contributed by atoms with van der Waals surface area (Å²) in [7, 11) is 0. The van der Waals surface area contributed by atoms with Gasteiger partial charge in [-0.2, -0.15) is 5.26 Å². The van der Waals surface area contributed by atoms with E-state index >= 15 is 0 Å². The largest absolute Gasteiger partial charge is 0.481 e.